The van der Waals surface area contributed by atoms with Crippen LogP contribution >= 0.6 is 0 Å². The van der Waals surface area contributed by atoms with Crippen molar-refractivity contribution in [3.63, 3.8) is 0 Å². The maximum atomic E-state index is 12.6. The molecule has 2 aromatic rings. The van der Waals surface area contributed by atoms with Crippen molar-refractivity contribution >= 4 is 22.6 Å². The normalized spacial score (nSPS) is 19.9. The molecule has 0 saturated carbocycles. The first-order chi connectivity index (χ1) is 11.6. The van der Waals surface area contributed by atoms with Gasteiger partial charge in [0.15, 0.2) is 0 Å². The minimum Gasteiger partial charge on any atom is -0.350 e. The summed E-state index contributed by atoms with van der Waals surface area (Å²) in [5.74, 6) is -0.258. The summed E-state index contributed by atoms with van der Waals surface area (Å²) < 4.78 is 11.9. The van der Waals surface area contributed by atoms with E-state index in [2.05, 4.69) is 5.32 Å². The molecule has 0 unspecified atom stereocenters. The third kappa shape index (κ3) is 3.71. The van der Waals surface area contributed by atoms with Gasteiger partial charge in [0.1, 0.15) is 6.04 Å². The quantitative estimate of drug-likeness (QED) is 0.916. The van der Waals surface area contributed by atoms with Crippen LogP contribution in [0.15, 0.2) is 60.7 Å². The van der Waals surface area contributed by atoms with Crippen LogP contribution in [0.4, 0.5) is 0 Å². The maximum Gasteiger partial charge on any atom is 0.255 e. The number of carbonyl (C=O) groups is 2. The molecule has 0 aromatic heterocycles. The summed E-state index contributed by atoms with van der Waals surface area (Å²) in [6.07, 6.45) is 0. The Labute approximate surface area is 143 Å². The van der Waals surface area contributed by atoms with Gasteiger partial charge in [-0.2, -0.15) is 0 Å². The molecule has 1 saturated heterocycles. The highest BCUT2D eigenvalue weighted by atomic mass is 32.2. The van der Waals surface area contributed by atoms with Crippen molar-refractivity contribution < 1.29 is 13.8 Å². The second kappa shape index (κ2) is 7.40. The van der Waals surface area contributed by atoms with E-state index in [9.17, 15) is 13.8 Å². The first kappa shape index (κ1) is 16.4. The molecule has 0 bridgehead atoms. The number of nitrogens with one attached hydrogen (secondary N) is 1. The van der Waals surface area contributed by atoms with Crippen LogP contribution in [0.2, 0.25) is 0 Å². The summed E-state index contributed by atoms with van der Waals surface area (Å²) in [5.41, 5.74) is 1.48. The lowest BCUT2D eigenvalue weighted by Gasteiger charge is -2.22. The highest BCUT2D eigenvalue weighted by Gasteiger charge is 2.38. The zero-order valence-electron chi connectivity index (χ0n) is 13.1. The lowest BCUT2D eigenvalue weighted by atomic mass is 10.1. The maximum absolute atomic E-state index is 12.6. The van der Waals surface area contributed by atoms with Gasteiger partial charge in [0, 0.05) is 22.9 Å². The van der Waals surface area contributed by atoms with E-state index in [0.717, 1.165) is 5.56 Å². The second-order valence-corrected chi connectivity index (χ2v) is 7.07. The molecule has 1 heterocycles. The van der Waals surface area contributed by atoms with Gasteiger partial charge in [0.2, 0.25) is 5.91 Å². The van der Waals surface area contributed by atoms with E-state index >= 15 is 0 Å². The number of rotatable bonds is 4. The molecule has 0 aliphatic carbocycles. The molecule has 1 fully saturated rings. The van der Waals surface area contributed by atoms with E-state index < -0.39 is 16.8 Å². The Kier molecular flexibility index (Phi) is 5.05. The van der Waals surface area contributed by atoms with Crippen LogP contribution in [-0.2, 0) is 22.1 Å². The van der Waals surface area contributed by atoms with Crippen molar-refractivity contribution in [3.8, 4) is 0 Å². The molecule has 6 heteroatoms. The van der Waals surface area contributed by atoms with Gasteiger partial charge >= 0.3 is 0 Å². The van der Waals surface area contributed by atoms with Gasteiger partial charge in [0.05, 0.1) is 11.6 Å². The molecule has 1 aliphatic rings. The summed E-state index contributed by atoms with van der Waals surface area (Å²) >= 11 is 0. The number of benzene rings is 2. The third-order valence-corrected chi connectivity index (χ3v) is 5.15. The molecular weight excluding hydrogens is 324 g/mol. The van der Waals surface area contributed by atoms with E-state index in [-0.39, 0.29) is 23.4 Å². The number of carbonyl (C=O) groups excluding carboxylic acids is 2. The van der Waals surface area contributed by atoms with E-state index in [4.69, 9.17) is 0 Å². The summed E-state index contributed by atoms with van der Waals surface area (Å²) in [6, 6.07) is 17.6. The van der Waals surface area contributed by atoms with Crippen LogP contribution in [0.1, 0.15) is 15.9 Å². The summed E-state index contributed by atoms with van der Waals surface area (Å²) in [4.78, 5) is 26.5. The Hall–Kier alpha value is -2.47. The largest absolute Gasteiger partial charge is 0.350 e. The lowest BCUT2D eigenvalue weighted by molar-refractivity contribution is -0.124. The van der Waals surface area contributed by atoms with Crippen molar-refractivity contribution in [2.45, 2.75) is 12.6 Å². The summed E-state index contributed by atoms with van der Waals surface area (Å²) in [6.45, 7) is 0.385. The summed E-state index contributed by atoms with van der Waals surface area (Å²) in [5, 5.41) is 2.83. The predicted octanol–water partition coefficient (Wildman–Crippen LogP) is 1.53. The average molecular weight is 342 g/mol. The number of hydrogen-bond acceptors (Lipinski definition) is 3. The van der Waals surface area contributed by atoms with Gasteiger partial charge in [-0.05, 0) is 17.7 Å². The molecule has 24 heavy (non-hydrogen) atoms. The van der Waals surface area contributed by atoms with Crippen LogP contribution in [0.3, 0.4) is 0 Å². The molecule has 0 spiro atoms. The van der Waals surface area contributed by atoms with E-state index in [1.165, 1.54) is 4.90 Å². The molecule has 2 atom stereocenters. The van der Waals surface area contributed by atoms with Crippen molar-refractivity contribution in [3.05, 3.63) is 71.8 Å². The molecular formula is C18H18N2O3S. The standard InChI is InChI=1S/C18H18N2O3S/c21-17(19-11-14-7-3-1-4-8-14)16-12-24(23)13-20(16)18(22)15-9-5-2-6-10-15/h1-10,16H,11-13H2,(H,19,21)/t16-,24+/m0/s1. The van der Waals surface area contributed by atoms with Gasteiger partial charge in [-0.3, -0.25) is 13.8 Å². The van der Waals surface area contributed by atoms with Crippen LogP contribution in [0, 0.1) is 0 Å². The monoisotopic (exact) mass is 342 g/mol. The van der Waals surface area contributed by atoms with Crippen LogP contribution < -0.4 is 5.32 Å². The fourth-order valence-corrected chi connectivity index (χ4v) is 4.03. The second-order valence-electron chi connectivity index (χ2n) is 5.60. The molecule has 1 aliphatic heterocycles. The van der Waals surface area contributed by atoms with E-state index in [1.807, 2.05) is 36.4 Å². The Balaban J connectivity index is 1.69. The van der Waals surface area contributed by atoms with Gasteiger partial charge in [0.25, 0.3) is 5.91 Å². The smallest absolute Gasteiger partial charge is 0.255 e. The predicted molar refractivity (Wildman–Crippen MR) is 92.6 cm³/mol. The zero-order valence-corrected chi connectivity index (χ0v) is 13.9. The Morgan fingerprint density at radius 1 is 1.04 bits per heavy atom. The minimum atomic E-state index is -1.20. The van der Waals surface area contributed by atoms with Gasteiger partial charge in [-0.15, -0.1) is 0 Å². The van der Waals surface area contributed by atoms with Crippen molar-refractivity contribution in [1.82, 2.24) is 10.2 Å². The van der Waals surface area contributed by atoms with Gasteiger partial charge in [-0.25, -0.2) is 0 Å². The third-order valence-electron chi connectivity index (χ3n) is 3.90. The topological polar surface area (TPSA) is 66.5 Å². The Morgan fingerprint density at radius 2 is 1.67 bits per heavy atom. The molecule has 1 N–H and O–H groups in total. The number of nitrogens with zero attached hydrogens (tertiary/aromatic N) is 1. The first-order valence-electron chi connectivity index (χ1n) is 7.68. The van der Waals surface area contributed by atoms with Crippen molar-refractivity contribution in [1.29, 1.82) is 0 Å². The van der Waals surface area contributed by atoms with Gasteiger partial charge in [-0.1, -0.05) is 48.5 Å². The number of amides is 2. The van der Waals surface area contributed by atoms with Gasteiger partial charge < -0.3 is 10.2 Å². The Morgan fingerprint density at radius 3 is 2.33 bits per heavy atom. The highest BCUT2D eigenvalue weighted by Crippen LogP contribution is 2.17. The molecule has 3 rings (SSSR count). The van der Waals surface area contributed by atoms with Crippen LogP contribution in [0.25, 0.3) is 0 Å². The van der Waals surface area contributed by atoms with E-state index in [1.54, 1.807) is 24.3 Å². The van der Waals surface area contributed by atoms with Crippen molar-refractivity contribution in [2.24, 2.45) is 0 Å². The zero-order chi connectivity index (χ0) is 16.9. The molecule has 5 nitrogen and oxygen atoms in total. The Bertz CT molecular complexity index is 749. The lowest BCUT2D eigenvalue weighted by Crippen LogP contribution is -2.47. The fourth-order valence-electron chi connectivity index (χ4n) is 2.63. The highest BCUT2D eigenvalue weighted by molar-refractivity contribution is 7.85. The SMILES string of the molecule is O=C(NCc1ccccc1)[C@@H]1C[S@@](=O)CN1C(=O)c1ccccc1. The van der Waals surface area contributed by atoms with Crippen LogP contribution in [-0.4, -0.2) is 38.6 Å². The fraction of sp³-hybridized carbons (Fsp3) is 0.222. The van der Waals surface area contributed by atoms with E-state index in [0.29, 0.717) is 12.1 Å². The molecule has 0 radical (unpaired) electrons. The molecule has 2 aromatic carbocycles. The average Bonchev–Trinajstić information content (AvgIpc) is 3.02. The summed E-state index contributed by atoms with van der Waals surface area (Å²) in [7, 11) is -1.20. The number of hydrogen-bond donors (Lipinski definition) is 1. The minimum absolute atomic E-state index is 0.0944. The first-order valence-corrected chi connectivity index (χ1v) is 9.16. The van der Waals surface area contributed by atoms with Crippen LogP contribution in [0.5, 0.6) is 0 Å². The molecule has 2 amide bonds. The molecule has 124 valence electrons. The van der Waals surface area contributed by atoms with Crippen molar-refractivity contribution in [2.75, 3.05) is 11.6 Å².